The average molecular weight is 364 g/mol. The zero-order valence-electron chi connectivity index (χ0n) is 9.86. The highest BCUT2D eigenvalue weighted by molar-refractivity contribution is 9.10. The number of hydrogen-bond acceptors (Lipinski definition) is 1. The molecular weight excluding hydrogens is 356 g/mol. The number of benzene rings is 1. The number of nitrogens with one attached hydrogen (secondary N) is 1. The second-order valence-corrected chi connectivity index (χ2v) is 5.27. The minimum Gasteiger partial charge on any atom is -0.325 e. The maximum Gasteiger partial charge on any atom is 0.416 e. The summed E-state index contributed by atoms with van der Waals surface area (Å²) in [5.74, 6) is -0.752. The van der Waals surface area contributed by atoms with Crippen molar-refractivity contribution in [2.45, 2.75) is 24.1 Å². The van der Waals surface area contributed by atoms with Gasteiger partial charge in [0, 0.05) is 5.69 Å². The molecule has 20 heavy (non-hydrogen) atoms. The zero-order valence-corrected chi connectivity index (χ0v) is 11.4. The number of rotatable bonds is 2. The first-order chi connectivity index (χ1) is 8.91. The van der Waals surface area contributed by atoms with Crippen LogP contribution in [-0.2, 0) is 17.1 Å². The van der Waals surface area contributed by atoms with Crippen molar-refractivity contribution in [1.29, 1.82) is 0 Å². The fourth-order valence-electron chi connectivity index (χ4n) is 1.27. The van der Waals surface area contributed by atoms with Gasteiger partial charge in [0.25, 0.3) is 0 Å². The number of halogens is 7. The van der Waals surface area contributed by atoms with Gasteiger partial charge in [-0.1, -0.05) is 15.9 Å². The summed E-state index contributed by atoms with van der Waals surface area (Å²) in [6, 6.07) is 0.887. The summed E-state index contributed by atoms with van der Waals surface area (Å²) in [5.41, 5.74) is -3.53. The molecule has 1 atom stereocenters. The Kier molecular flexibility index (Phi) is 4.73. The summed E-state index contributed by atoms with van der Waals surface area (Å²) < 4.78 is 75.3. The van der Waals surface area contributed by atoms with Crippen LogP contribution in [0.3, 0.4) is 0 Å². The Bertz CT molecular complexity index is 476. The summed E-state index contributed by atoms with van der Waals surface area (Å²) in [5, 5.41) is 1.98. The standard InChI is InChI=1S/C11H8BrF6NO/c1-5(12)9(20)19-8-3-6(10(13,14)15)2-7(4-8)11(16,17)18/h2-5H,1H3,(H,19,20)/t5-/m1/s1. The molecule has 0 unspecified atom stereocenters. The molecule has 0 spiro atoms. The molecule has 9 heteroatoms. The first kappa shape index (κ1) is 16.8. The van der Waals surface area contributed by atoms with Gasteiger partial charge in [0.1, 0.15) is 0 Å². The number of anilines is 1. The van der Waals surface area contributed by atoms with Crippen LogP contribution in [0.15, 0.2) is 18.2 Å². The van der Waals surface area contributed by atoms with E-state index in [4.69, 9.17) is 0 Å². The highest BCUT2D eigenvalue weighted by atomic mass is 79.9. The minimum atomic E-state index is -4.94. The van der Waals surface area contributed by atoms with Gasteiger partial charge >= 0.3 is 12.4 Å². The van der Waals surface area contributed by atoms with Crippen molar-refractivity contribution < 1.29 is 31.1 Å². The van der Waals surface area contributed by atoms with Gasteiger partial charge in [0.05, 0.1) is 16.0 Å². The summed E-state index contributed by atoms with van der Waals surface area (Å²) in [4.78, 5) is 10.6. The fraction of sp³-hybridized carbons (Fsp3) is 0.364. The zero-order chi connectivity index (χ0) is 15.7. The van der Waals surface area contributed by atoms with Crippen molar-refractivity contribution in [3.05, 3.63) is 29.3 Å². The summed E-state index contributed by atoms with van der Waals surface area (Å²) in [6.07, 6.45) is -9.89. The lowest BCUT2D eigenvalue weighted by Gasteiger charge is -2.15. The Hall–Kier alpha value is -1.25. The van der Waals surface area contributed by atoms with E-state index in [-0.39, 0.29) is 6.07 Å². The smallest absolute Gasteiger partial charge is 0.325 e. The van der Waals surface area contributed by atoms with Crippen LogP contribution in [0.2, 0.25) is 0 Å². The van der Waals surface area contributed by atoms with Gasteiger partial charge in [0.15, 0.2) is 0 Å². The normalized spacial score (nSPS) is 14.0. The van der Waals surface area contributed by atoms with Crippen LogP contribution in [0, 0.1) is 0 Å². The molecule has 1 aromatic rings. The first-order valence-corrected chi connectivity index (χ1v) is 6.07. The number of alkyl halides is 7. The minimum absolute atomic E-state index is 0.00673. The average Bonchev–Trinajstić information content (AvgIpc) is 2.26. The lowest BCUT2D eigenvalue weighted by atomic mass is 10.1. The molecule has 2 nitrogen and oxygen atoms in total. The van der Waals surface area contributed by atoms with Crippen molar-refractivity contribution in [3.8, 4) is 0 Å². The fourth-order valence-corrected chi connectivity index (χ4v) is 1.38. The number of amides is 1. The van der Waals surface area contributed by atoms with Crippen molar-refractivity contribution >= 4 is 27.5 Å². The Labute approximate surface area is 118 Å². The molecular formula is C11H8BrF6NO. The number of carbonyl (C=O) groups is 1. The van der Waals surface area contributed by atoms with E-state index in [9.17, 15) is 31.1 Å². The van der Waals surface area contributed by atoms with Gasteiger partial charge in [-0.15, -0.1) is 0 Å². The van der Waals surface area contributed by atoms with Crippen LogP contribution in [-0.4, -0.2) is 10.7 Å². The van der Waals surface area contributed by atoms with E-state index in [0.717, 1.165) is 0 Å². The molecule has 0 fully saturated rings. The third-order valence-corrected chi connectivity index (χ3v) is 2.63. The molecule has 0 radical (unpaired) electrons. The SMILES string of the molecule is C[C@@H](Br)C(=O)Nc1cc(C(F)(F)F)cc(C(F)(F)F)c1. The van der Waals surface area contributed by atoms with Crippen molar-refractivity contribution in [2.24, 2.45) is 0 Å². The molecule has 0 saturated carbocycles. The summed E-state index contributed by atoms with van der Waals surface area (Å²) in [7, 11) is 0. The lowest BCUT2D eigenvalue weighted by Crippen LogP contribution is -2.21. The molecule has 0 aliphatic rings. The maximum absolute atomic E-state index is 12.5. The molecule has 0 heterocycles. The van der Waals surface area contributed by atoms with Crippen LogP contribution in [0.4, 0.5) is 32.0 Å². The highest BCUT2D eigenvalue weighted by Crippen LogP contribution is 2.37. The lowest BCUT2D eigenvalue weighted by molar-refractivity contribution is -0.143. The van der Waals surface area contributed by atoms with Crippen molar-refractivity contribution in [1.82, 2.24) is 0 Å². The molecule has 1 aromatic carbocycles. The second-order valence-electron chi connectivity index (χ2n) is 3.90. The quantitative estimate of drug-likeness (QED) is 0.610. The van der Waals surface area contributed by atoms with E-state index in [0.29, 0.717) is 12.1 Å². The van der Waals surface area contributed by atoms with Gasteiger partial charge in [-0.05, 0) is 25.1 Å². The van der Waals surface area contributed by atoms with Gasteiger partial charge in [0.2, 0.25) is 5.91 Å². The number of carbonyl (C=O) groups excluding carboxylic acids is 1. The van der Waals surface area contributed by atoms with Gasteiger partial charge in [-0.2, -0.15) is 26.3 Å². The van der Waals surface area contributed by atoms with Gasteiger partial charge < -0.3 is 5.32 Å². The van der Waals surface area contributed by atoms with E-state index >= 15 is 0 Å². The van der Waals surface area contributed by atoms with E-state index in [1.807, 2.05) is 5.32 Å². The van der Waals surface area contributed by atoms with Gasteiger partial charge in [-0.3, -0.25) is 4.79 Å². The van der Waals surface area contributed by atoms with Crippen LogP contribution >= 0.6 is 15.9 Å². The molecule has 1 N–H and O–H groups in total. The van der Waals surface area contributed by atoms with Crippen LogP contribution in [0.5, 0.6) is 0 Å². The molecule has 0 aliphatic carbocycles. The van der Waals surface area contributed by atoms with E-state index < -0.39 is 39.9 Å². The third kappa shape index (κ3) is 4.39. The topological polar surface area (TPSA) is 29.1 Å². The molecule has 112 valence electrons. The van der Waals surface area contributed by atoms with Crippen molar-refractivity contribution in [3.63, 3.8) is 0 Å². The Balaban J connectivity index is 3.28. The predicted octanol–water partition coefficient (Wildman–Crippen LogP) is 4.45. The van der Waals surface area contributed by atoms with Gasteiger partial charge in [-0.25, -0.2) is 0 Å². The Morgan fingerprint density at radius 2 is 1.45 bits per heavy atom. The molecule has 0 aromatic heterocycles. The first-order valence-electron chi connectivity index (χ1n) is 5.15. The Morgan fingerprint density at radius 3 is 1.75 bits per heavy atom. The summed E-state index contributed by atoms with van der Waals surface area (Å²) >= 11 is 2.86. The summed E-state index contributed by atoms with van der Waals surface area (Å²) in [6.45, 7) is 1.38. The molecule has 0 bridgehead atoms. The van der Waals surface area contributed by atoms with Crippen LogP contribution < -0.4 is 5.32 Å². The maximum atomic E-state index is 12.5. The highest BCUT2D eigenvalue weighted by Gasteiger charge is 2.37. The monoisotopic (exact) mass is 363 g/mol. The van der Waals surface area contributed by atoms with E-state index in [1.165, 1.54) is 6.92 Å². The van der Waals surface area contributed by atoms with Crippen LogP contribution in [0.1, 0.15) is 18.1 Å². The molecule has 0 aliphatic heterocycles. The van der Waals surface area contributed by atoms with E-state index in [1.54, 1.807) is 0 Å². The Morgan fingerprint density at radius 1 is 1.05 bits per heavy atom. The number of hydrogen-bond donors (Lipinski definition) is 1. The largest absolute Gasteiger partial charge is 0.416 e. The van der Waals surface area contributed by atoms with Crippen LogP contribution in [0.25, 0.3) is 0 Å². The predicted molar refractivity (Wildman–Crippen MR) is 63.5 cm³/mol. The molecule has 1 rings (SSSR count). The van der Waals surface area contributed by atoms with Crippen molar-refractivity contribution in [2.75, 3.05) is 5.32 Å². The molecule has 0 saturated heterocycles. The second kappa shape index (κ2) is 5.63. The van der Waals surface area contributed by atoms with E-state index in [2.05, 4.69) is 15.9 Å². The third-order valence-electron chi connectivity index (χ3n) is 2.22. The molecule has 1 amide bonds.